The molecule has 0 saturated carbocycles. The summed E-state index contributed by atoms with van der Waals surface area (Å²) >= 11 is 3.42. The first-order valence-electron chi connectivity index (χ1n) is 8.27. The molecule has 1 aliphatic heterocycles. The normalized spacial score (nSPS) is 14.5. The molecular weight excluding hydrogens is 364 g/mol. The fraction of sp³-hybridized carbons (Fsp3) is 0.250. The summed E-state index contributed by atoms with van der Waals surface area (Å²) in [4.78, 5) is 18.3. The number of fused-ring (bicyclic) bond motifs is 3. The zero-order chi connectivity index (χ0) is 16.7. The van der Waals surface area contributed by atoms with Gasteiger partial charge in [0.2, 0.25) is 0 Å². The Balaban J connectivity index is 1.59. The van der Waals surface area contributed by atoms with Gasteiger partial charge in [-0.15, -0.1) is 0 Å². The van der Waals surface area contributed by atoms with Crippen molar-refractivity contribution in [2.45, 2.75) is 19.8 Å². The minimum atomic E-state index is 0.119. The molecule has 1 N–H and O–H groups in total. The first kappa shape index (κ1) is 15.5. The molecular formula is C20H19BrN2O. The molecule has 0 radical (unpaired) electrons. The molecule has 122 valence electrons. The minimum Gasteiger partial charge on any atom is -0.358 e. The molecule has 1 amide bonds. The predicted molar refractivity (Wildman–Crippen MR) is 100 cm³/mol. The van der Waals surface area contributed by atoms with Crippen LogP contribution in [0.2, 0.25) is 0 Å². The summed E-state index contributed by atoms with van der Waals surface area (Å²) in [5.74, 6) is 0.119. The summed E-state index contributed by atoms with van der Waals surface area (Å²) in [6, 6.07) is 14.2. The van der Waals surface area contributed by atoms with Gasteiger partial charge < -0.3 is 9.88 Å². The van der Waals surface area contributed by atoms with Gasteiger partial charge in [-0.1, -0.05) is 27.6 Å². The van der Waals surface area contributed by atoms with Crippen molar-refractivity contribution in [2.24, 2.45) is 0 Å². The zero-order valence-corrected chi connectivity index (χ0v) is 15.2. The maximum Gasteiger partial charge on any atom is 0.253 e. The highest BCUT2D eigenvalue weighted by Gasteiger charge is 2.22. The number of H-pyrrole nitrogens is 1. The van der Waals surface area contributed by atoms with Crippen molar-refractivity contribution >= 4 is 32.7 Å². The number of aromatic nitrogens is 1. The lowest BCUT2D eigenvalue weighted by Gasteiger charge is -2.20. The molecule has 0 atom stereocenters. The first-order valence-corrected chi connectivity index (χ1v) is 9.06. The monoisotopic (exact) mass is 382 g/mol. The van der Waals surface area contributed by atoms with Gasteiger partial charge in [0.1, 0.15) is 0 Å². The number of rotatable bonds is 1. The molecule has 2 heterocycles. The topological polar surface area (TPSA) is 36.1 Å². The third-order valence-corrected chi connectivity index (χ3v) is 5.32. The van der Waals surface area contributed by atoms with Crippen LogP contribution in [0.25, 0.3) is 10.9 Å². The molecule has 3 aromatic rings. The Hall–Kier alpha value is -2.07. The third-order valence-electron chi connectivity index (χ3n) is 4.79. The van der Waals surface area contributed by atoms with Crippen LogP contribution in [0.1, 0.15) is 27.2 Å². The van der Waals surface area contributed by atoms with Crippen LogP contribution in [0.4, 0.5) is 0 Å². The summed E-state index contributed by atoms with van der Waals surface area (Å²) in [6.07, 6.45) is 1.78. The highest BCUT2D eigenvalue weighted by molar-refractivity contribution is 9.10. The van der Waals surface area contributed by atoms with E-state index < -0.39 is 0 Å². The van der Waals surface area contributed by atoms with Crippen molar-refractivity contribution in [3.8, 4) is 0 Å². The van der Waals surface area contributed by atoms with Crippen LogP contribution in [0.15, 0.2) is 46.9 Å². The number of halogens is 1. The van der Waals surface area contributed by atoms with Gasteiger partial charge in [-0.3, -0.25) is 4.79 Å². The zero-order valence-electron chi connectivity index (χ0n) is 13.6. The second-order valence-electron chi connectivity index (χ2n) is 6.43. The van der Waals surface area contributed by atoms with Gasteiger partial charge in [-0.25, -0.2) is 0 Å². The number of aromatic amines is 1. The number of nitrogens with one attached hydrogen (secondary N) is 1. The number of carbonyl (C=O) groups is 1. The Morgan fingerprint density at radius 1 is 1.08 bits per heavy atom. The van der Waals surface area contributed by atoms with E-state index in [9.17, 15) is 4.79 Å². The van der Waals surface area contributed by atoms with Crippen LogP contribution < -0.4 is 0 Å². The van der Waals surface area contributed by atoms with Crippen molar-refractivity contribution in [3.05, 3.63) is 69.3 Å². The summed E-state index contributed by atoms with van der Waals surface area (Å²) in [5, 5.41) is 1.31. The van der Waals surface area contributed by atoms with E-state index in [-0.39, 0.29) is 5.91 Å². The van der Waals surface area contributed by atoms with Crippen LogP contribution in [-0.4, -0.2) is 28.9 Å². The van der Waals surface area contributed by atoms with Crippen molar-refractivity contribution in [2.75, 3.05) is 13.1 Å². The number of hydrogen-bond acceptors (Lipinski definition) is 1. The fourth-order valence-electron chi connectivity index (χ4n) is 3.50. The van der Waals surface area contributed by atoms with E-state index in [0.29, 0.717) is 0 Å². The van der Waals surface area contributed by atoms with E-state index in [1.807, 2.05) is 29.2 Å². The van der Waals surface area contributed by atoms with Gasteiger partial charge in [-0.2, -0.15) is 0 Å². The second kappa shape index (κ2) is 6.10. The summed E-state index contributed by atoms with van der Waals surface area (Å²) in [7, 11) is 0. The minimum absolute atomic E-state index is 0.119. The van der Waals surface area contributed by atoms with Crippen molar-refractivity contribution in [1.82, 2.24) is 9.88 Å². The number of amides is 1. The van der Waals surface area contributed by atoms with Crippen LogP contribution in [0.3, 0.4) is 0 Å². The molecule has 1 aromatic heterocycles. The largest absolute Gasteiger partial charge is 0.358 e. The molecule has 4 rings (SSSR count). The molecule has 0 spiro atoms. The maximum atomic E-state index is 12.8. The Bertz CT molecular complexity index is 911. The smallest absolute Gasteiger partial charge is 0.253 e. The summed E-state index contributed by atoms with van der Waals surface area (Å²) in [5.41, 5.74) is 5.89. The van der Waals surface area contributed by atoms with E-state index in [2.05, 4.69) is 46.0 Å². The van der Waals surface area contributed by atoms with Crippen molar-refractivity contribution in [1.29, 1.82) is 0 Å². The molecule has 0 saturated heterocycles. The second-order valence-corrected chi connectivity index (χ2v) is 7.35. The Morgan fingerprint density at radius 2 is 1.83 bits per heavy atom. The van der Waals surface area contributed by atoms with E-state index >= 15 is 0 Å². The molecule has 0 aliphatic carbocycles. The lowest BCUT2D eigenvalue weighted by atomic mass is 10.1. The SMILES string of the molecule is Cc1ccc2[nH]c3c(c2c1)CCN(C(=O)c1ccc(Br)cc1)CC3. The summed E-state index contributed by atoms with van der Waals surface area (Å²) < 4.78 is 0.992. The van der Waals surface area contributed by atoms with Crippen LogP contribution in [0, 0.1) is 6.92 Å². The highest BCUT2D eigenvalue weighted by atomic mass is 79.9. The van der Waals surface area contributed by atoms with Gasteiger partial charge in [0, 0.05) is 46.1 Å². The molecule has 2 aromatic carbocycles. The quantitative estimate of drug-likeness (QED) is 0.661. The van der Waals surface area contributed by atoms with Gasteiger partial charge in [0.15, 0.2) is 0 Å². The third kappa shape index (κ3) is 2.75. The number of benzene rings is 2. The van der Waals surface area contributed by atoms with Crippen LogP contribution in [-0.2, 0) is 12.8 Å². The van der Waals surface area contributed by atoms with Gasteiger partial charge in [-0.05, 0) is 55.3 Å². The standard InChI is InChI=1S/C20H19BrN2O/c1-13-2-7-18-17(12-13)16-8-10-23(11-9-19(16)22-18)20(24)14-3-5-15(21)6-4-14/h2-7,12,22H,8-11H2,1H3. The van der Waals surface area contributed by atoms with E-state index in [0.717, 1.165) is 36.0 Å². The van der Waals surface area contributed by atoms with Gasteiger partial charge in [0.05, 0.1) is 0 Å². The number of aryl methyl sites for hydroxylation is 1. The highest BCUT2D eigenvalue weighted by Crippen LogP contribution is 2.27. The lowest BCUT2D eigenvalue weighted by molar-refractivity contribution is 0.0763. The molecule has 1 aliphatic rings. The predicted octanol–water partition coefficient (Wildman–Crippen LogP) is 4.48. The van der Waals surface area contributed by atoms with E-state index in [4.69, 9.17) is 0 Å². The van der Waals surface area contributed by atoms with E-state index in [1.54, 1.807) is 0 Å². The first-order chi connectivity index (χ1) is 11.6. The molecule has 3 nitrogen and oxygen atoms in total. The molecule has 24 heavy (non-hydrogen) atoms. The van der Waals surface area contributed by atoms with Gasteiger partial charge >= 0.3 is 0 Å². The molecule has 0 unspecified atom stereocenters. The number of hydrogen-bond donors (Lipinski definition) is 1. The van der Waals surface area contributed by atoms with Crippen molar-refractivity contribution in [3.63, 3.8) is 0 Å². The molecule has 4 heteroatoms. The summed E-state index contributed by atoms with van der Waals surface area (Å²) in [6.45, 7) is 3.65. The fourth-order valence-corrected chi connectivity index (χ4v) is 3.76. The average Bonchev–Trinajstić information content (AvgIpc) is 2.78. The van der Waals surface area contributed by atoms with Crippen molar-refractivity contribution < 1.29 is 4.79 Å². The molecule has 0 bridgehead atoms. The van der Waals surface area contributed by atoms with Gasteiger partial charge in [0.25, 0.3) is 5.91 Å². The number of nitrogens with zero attached hydrogens (tertiary/aromatic N) is 1. The average molecular weight is 383 g/mol. The Morgan fingerprint density at radius 3 is 2.62 bits per heavy atom. The maximum absolute atomic E-state index is 12.8. The Labute approximate surface area is 149 Å². The number of carbonyl (C=O) groups excluding carboxylic acids is 1. The molecule has 0 fully saturated rings. The Kier molecular flexibility index (Phi) is 3.93. The van der Waals surface area contributed by atoms with Crippen LogP contribution >= 0.6 is 15.9 Å². The van der Waals surface area contributed by atoms with Crippen LogP contribution in [0.5, 0.6) is 0 Å². The lowest BCUT2D eigenvalue weighted by Crippen LogP contribution is -2.33. The van der Waals surface area contributed by atoms with E-state index in [1.165, 1.54) is 27.7 Å².